The van der Waals surface area contributed by atoms with Crippen molar-refractivity contribution >= 4 is 8.80 Å². The van der Waals surface area contributed by atoms with E-state index in [0.29, 0.717) is 19.8 Å². The zero-order chi connectivity index (χ0) is 13.3. The molecule has 0 unspecified atom stereocenters. The zero-order valence-corrected chi connectivity index (χ0v) is 13.0. The maximum Gasteiger partial charge on any atom is 0.500 e. The van der Waals surface area contributed by atoms with E-state index >= 15 is 0 Å². The molecule has 0 bridgehead atoms. The molecule has 1 saturated heterocycles. The molecule has 0 aromatic carbocycles. The van der Waals surface area contributed by atoms with Gasteiger partial charge in [-0.1, -0.05) is 0 Å². The smallest absolute Gasteiger partial charge is 0.374 e. The summed E-state index contributed by atoms with van der Waals surface area (Å²) in [6, 6.07) is 0.916. The lowest BCUT2D eigenvalue weighted by Gasteiger charge is -2.29. The summed E-state index contributed by atoms with van der Waals surface area (Å²) < 4.78 is 17.5. The van der Waals surface area contributed by atoms with Crippen LogP contribution in [0.4, 0.5) is 0 Å². The van der Waals surface area contributed by atoms with Gasteiger partial charge in [0.15, 0.2) is 0 Å². The molecule has 6 heteroatoms. The fourth-order valence-corrected chi connectivity index (χ4v) is 4.86. The van der Waals surface area contributed by atoms with Crippen molar-refractivity contribution in [3.8, 4) is 0 Å². The predicted molar refractivity (Wildman–Crippen MR) is 74.5 cm³/mol. The minimum absolute atomic E-state index is 0.664. The average molecular weight is 276 g/mol. The SMILES string of the molecule is CCO[Si](CCCN1CCNC1)(OCC)OCC. The second-order valence-electron chi connectivity index (χ2n) is 4.36. The summed E-state index contributed by atoms with van der Waals surface area (Å²) in [5.41, 5.74) is 0. The first kappa shape index (κ1) is 16.1. The Morgan fingerprint density at radius 3 is 2.11 bits per heavy atom. The summed E-state index contributed by atoms with van der Waals surface area (Å²) in [6.45, 7) is 12.4. The van der Waals surface area contributed by atoms with Crippen LogP contribution in [0.5, 0.6) is 0 Å². The number of hydrogen-bond donors (Lipinski definition) is 1. The molecule has 18 heavy (non-hydrogen) atoms. The normalized spacial score (nSPS) is 17.5. The molecule has 0 aliphatic carbocycles. The second kappa shape index (κ2) is 9.01. The number of rotatable bonds is 10. The third-order valence-electron chi connectivity index (χ3n) is 2.99. The van der Waals surface area contributed by atoms with Gasteiger partial charge in [0.2, 0.25) is 0 Å². The first-order valence-corrected chi connectivity index (χ1v) is 9.04. The fraction of sp³-hybridized carbons (Fsp3) is 1.00. The van der Waals surface area contributed by atoms with E-state index in [9.17, 15) is 0 Å². The Hall–Kier alpha value is 0.0169. The van der Waals surface area contributed by atoms with Crippen LogP contribution in [-0.4, -0.2) is 59.8 Å². The van der Waals surface area contributed by atoms with Gasteiger partial charge in [0.1, 0.15) is 0 Å². The largest absolute Gasteiger partial charge is 0.500 e. The summed E-state index contributed by atoms with van der Waals surface area (Å²) in [7, 11) is -2.41. The Morgan fingerprint density at radius 2 is 1.67 bits per heavy atom. The van der Waals surface area contributed by atoms with Crippen molar-refractivity contribution in [3.05, 3.63) is 0 Å². The van der Waals surface area contributed by atoms with Crippen LogP contribution < -0.4 is 5.32 Å². The summed E-state index contributed by atoms with van der Waals surface area (Å²) >= 11 is 0. The third kappa shape index (κ3) is 5.34. The molecule has 0 aromatic rings. The van der Waals surface area contributed by atoms with E-state index in [-0.39, 0.29) is 0 Å². The van der Waals surface area contributed by atoms with Crippen LogP contribution in [0.3, 0.4) is 0 Å². The molecule has 1 aliphatic heterocycles. The maximum absolute atomic E-state index is 5.84. The molecule has 1 fully saturated rings. The lowest BCUT2D eigenvalue weighted by molar-refractivity contribution is 0.0701. The lowest BCUT2D eigenvalue weighted by Crippen LogP contribution is -2.46. The van der Waals surface area contributed by atoms with Crippen LogP contribution in [-0.2, 0) is 13.3 Å². The third-order valence-corrected chi connectivity index (χ3v) is 6.14. The van der Waals surface area contributed by atoms with E-state index in [1.165, 1.54) is 0 Å². The molecule has 1 heterocycles. The van der Waals surface area contributed by atoms with Crippen LogP contribution in [0.2, 0.25) is 6.04 Å². The second-order valence-corrected chi connectivity index (χ2v) is 7.09. The van der Waals surface area contributed by atoms with E-state index < -0.39 is 8.80 Å². The van der Waals surface area contributed by atoms with Gasteiger partial charge < -0.3 is 18.6 Å². The van der Waals surface area contributed by atoms with Crippen molar-refractivity contribution < 1.29 is 13.3 Å². The molecule has 1 aliphatic rings. The predicted octanol–water partition coefficient (Wildman–Crippen LogP) is 1.29. The molecule has 0 spiro atoms. The Balaban J connectivity index is 2.37. The van der Waals surface area contributed by atoms with Gasteiger partial charge in [0.05, 0.1) is 0 Å². The van der Waals surface area contributed by atoms with E-state index in [4.69, 9.17) is 13.3 Å². The van der Waals surface area contributed by atoms with E-state index in [1.54, 1.807) is 0 Å². The van der Waals surface area contributed by atoms with Gasteiger partial charge in [0.25, 0.3) is 0 Å². The summed E-state index contributed by atoms with van der Waals surface area (Å²) in [4.78, 5) is 2.42. The maximum atomic E-state index is 5.84. The van der Waals surface area contributed by atoms with Gasteiger partial charge in [-0.05, 0) is 33.7 Å². The van der Waals surface area contributed by atoms with Gasteiger partial charge in [0, 0.05) is 45.6 Å². The van der Waals surface area contributed by atoms with Crippen molar-refractivity contribution in [1.82, 2.24) is 10.2 Å². The molecule has 0 aromatic heterocycles. The van der Waals surface area contributed by atoms with Gasteiger partial charge >= 0.3 is 8.80 Å². The molecule has 1 N–H and O–H groups in total. The Morgan fingerprint density at radius 1 is 1.06 bits per heavy atom. The number of nitrogens with zero attached hydrogens (tertiary/aromatic N) is 1. The molecule has 0 saturated carbocycles. The molecular formula is C12H28N2O3Si. The van der Waals surface area contributed by atoms with Gasteiger partial charge in [-0.2, -0.15) is 0 Å². The van der Waals surface area contributed by atoms with Crippen LogP contribution >= 0.6 is 0 Å². The summed E-state index contributed by atoms with van der Waals surface area (Å²) in [5, 5.41) is 3.34. The lowest BCUT2D eigenvalue weighted by atomic mass is 10.4. The van der Waals surface area contributed by atoms with Gasteiger partial charge in [-0.25, -0.2) is 0 Å². The van der Waals surface area contributed by atoms with Crippen LogP contribution in [0.15, 0.2) is 0 Å². The molecule has 108 valence electrons. The highest BCUT2D eigenvalue weighted by molar-refractivity contribution is 6.60. The van der Waals surface area contributed by atoms with Crippen molar-refractivity contribution in [2.45, 2.75) is 33.2 Å². The highest BCUT2D eigenvalue weighted by Gasteiger charge is 2.39. The molecule has 0 atom stereocenters. The number of hydrogen-bond acceptors (Lipinski definition) is 5. The molecule has 5 nitrogen and oxygen atoms in total. The first-order chi connectivity index (χ1) is 8.76. The Kier molecular flexibility index (Phi) is 8.04. The minimum Gasteiger partial charge on any atom is -0.374 e. The average Bonchev–Trinajstić information content (AvgIpc) is 2.83. The standard InChI is InChI=1S/C12H28N2O3Si/c1-4-15-18(16-5-2,17-6-3)11-7-9-14-10-8-13-12-14/h13H,4-12H2,1-3H3. The van der Waals surface area contributed by atoms with Crippen LogP contribution in [0.1, 0.15) is 27.2 Å². The Bertz CT molecular complexity index is 196. The van der Waals surface area contributed by atoms with Gasteiger partial charge in [-0.15, -0.1) is 0 Å². The topological polar surface area (TPSA) is 43.0 Å². The summed E-state index contributed by atoms with van der Waals surface area (Å²) in [5.74, 6) is 0. The van der Waals surface area contributed by atoms with Crippen molar-refractivity contribution in [3.63, 3.8) is 0 Å². The van der Waals surface area contributed by atoms with Crippen molar-refractivity contribution in [2.24, 2.45) is 0 Å². The Labute approximate surface area is 112 Å². The molecule has 0 radical (unpaired) electrons. The molecule has 0 amide bonds. The highest BCUT2D eigenvalue weighted by atomic mass is 28.4. The fourth-order valence-electron chi connectivity index (χ4n) is 2.26. The van der Waals surface area contributed by atoms with E-state index in [2.05, 4.69) is 10.2 Å². The van der Waals surface area contributed by atoms with E-state index in [1.807, 2.05) is 20.8 Å². The number of nitrogens with one attached hydrogen (secondary N) is 1. The van der Waals surface area contributed by atoms with Crippen LogP contribution in [0.25, 0.3) is 0 Å². The molecular weight excluding hydrogens is 248 g/mol. The first-order valence-electron chi connectivity index (χ1n) is 7.11. The van der Waals surface area contributed by atoms with E-state index in [0.717, 1.165) is 38.8 Å². The van der Waals surface area contributed by atoms with Crippen LogP contribution in [0, 0.1) is 0 Å². The van der Waals surface area contributed by atoms with Crippen molar-refractivity contribution in [1.29, 1.82) is 0 Å². The minimum atomic E-state index is -2.41. The monoisotopic (exact) mass is 276 g/mol. The highest BCUT2D eigenvalue weighted by Crippen LogP contribution is 2.18. The van der Waals surface area contributed by atoms with Crippen molar-refractivity contribution in [2.75, 3.05) is 46.1 Å². The quantitative estimate of drug-likeness (QED) is 0.609. The molecule has 1 rings (SSSR count). The van der Waals surface area contributed by atoms with Gasteiger partial charge in [-0.3, -0.25) is 4.90 Å². The summed E-state index contributed by atoms with van der Waals surface area (Å²) in [6.07, 6.45) is 1.08. The zero-order valence-electron chi connectivity index (χ0n) is 12.0.